The third-order valence-corrected chi connectivity index (χ3v) is 2.95. The summed E-state index contributed by atoms with van der Waals surface area (Å²) in [7, 11) is -1.60. The lowest BCUT2D eigenvalue weighted by molar-refractivity contribution is 0.425. The average Bonchev–Trinajstić information content (AvgIpc) is 2.76. The van der Waals surface area contributed by atoms with Crippen molar-refractivity contribution in [3.05, 3.63) is 42.0 Å². The highest BCUT2D eigenvalue weighted by molar-refractivity contribution is 6.61. The van der Waals surface area contributed by atoms with Crippen LogP contribution in [0.2, 0.25) is 0 Å². The molecular weight excluding hydrogens is 229 g/mol. The van der Waals surface area contributed by atoms with Gasteiger partial charge in [-0.25, -0.2) is 0 Å². The lowest BCUT2D eigenvalue weighted by Gasteiger charge is -1.98. The van der Waals surface area contributed by atoms with Gasteiger partial charge in [-0.2, -0.15) is 5.26 Å². The summed E-state index contributed by atoms with van der Waals surface area (Å²) < 4.78 is 5.62. The molecule has 86 valence electrons. The number of fused-ring (bicyclic) bond motifs is 3. The molecule has 0 fully saturated rings. The summed E-state index contributed by atoms with van der Waals surface area (Å²) in [5.74, 6) is 0. The first-order valence-corrected chi connectivity index (χ1v) is 5.42. The van der Waals surface area contributed by atoms with Gasteiger partial charge in [0.1, 0.15) is 11.7 Å². The lowest BCUT2D eigenvalue weighted by Crippen LogP contribution is -2.29. The first kappa shape index (κ1) is 10.8. The molecule has 2 aromatic carbocycles. The van der Waals surface area contributed by atoms with Crippen molar-refractivity contribution in [2.24, 2.45) is 0 Å². The highest BCUT2D eigenvalue weighted by Gasteiger charge is 2.19. The quantitative estimate of drug-likeness (QED) is 0.622. The van der Waals surface area contributed by atoms with Crippen molar-refractivity contribution < 1.29 is 14.5 Å². The van der Waals surface area contributed by atoms with Gasteiger partial charge in [-0.05, 0) is 6.07 Å². The van der Waals surface area contributed by atoms with E-state index in [2.05, 4.69) is 6.07 Å². The average molecular weight is 237 g/mol. The molecule has 0 unspecified atom stereocenters. The molecule has 2 N–H and O–H groups in total. The molecule has 0 aliphatic carbocycles. The maximum absolute atomic E-state index is 9.30. The minimum Gasteiger partial charge on any atom is -0.455 e. The van der Waals surface area contributed by atoms with E-state index in [9.17, 15) is 10.0 Å². The Morgan fingerprint density at radius 3 is 2.33 bits per heavy atom. The molecule has 0 bridgehead atoms. The number of furan rings is 1. The van der Waals surface area contributed by atoms with E-state index in [1.54, 1.807) is 24.3 Å². The van der Waals surface area contributed by atoms with Crippen molar-refractivity contribution in [2.45, 2.75) is 0 Å². The van der Waals surface area contributed by atoms with E-state index in [0.29, 0.717) is 22.2 Å². The van der Waals surface area contributed by atoms with E-state index in [-0.39, 0.29) is 0 Å². The smallest absolute Gasteiger partial charge is 0.455 e. The van der Waals surface area contributed by atoms with Crippen LogP contribution in [-0.2, 0) is 0 Å². The van der Waals surface area contributed by atoms with Crippen LogP contribution in [0.15, 0.2) is 40.8 Å². The molecule has 18 heavy (non-hydrogen) atoms. The van der Waals surface area contributed by atoms with Crippen molar-refractivity contribution >= 4 is 34.5 Å². The summed E-state index contributed by atoms with van der Waals surface area (Å²) in [4.78, 5) is 0. The Hall–Kier alpha value is -2.29. The highest BCUT2D eigenvalue weighted by Crippen LogP contribution is 2.29. The van der Waals surface area contributed by atoms with E-state index in [0.717, 1.165) is 10.8 Å². The molecular formula is C13H8BNO3. The summed E-state index contributed by atoms with van der Waals surface area (Å²) in [5, 5.41) is 29.2. The Balaban J connectivity index is 2.51. The Morgan fingerprint density at radius 2 is 1.67 bits per heavy atom. The fourth-order valence-electron chi connectivity index (χ4n) is 2.13. The first-order valence-electron chi connectivity index (χ1n) is 5.42. The van der Waals surface area contributed by atoms with Gasteiger partial charge in [0.25, 0.3) is 0 Å². The fourth-order valence-corrected chi connectivity index (χ4v) is 2.13. The van der Waals surface area contributed by atoms with Crippen LogP contribution in [-0.4, -0.2) is 17.2 Å². The number of nitrogens with zero attached hydrogens (tertiary/aromatic N) is 1. The van der Waals surface area contributed by atoms with E-state index in [1.165, 1.54) is 0 Å². The predicted molar refractivity (Wildman–Crippen MR) is 68.3 cm³/mol. The van der Waals surface area contributed by atoms with Crippen LogP contribution in [0.3, 0.4) is 0 Å². The second-order valence-electron chi connectivity index (χ2n) is 3.99. The maximum atomic E-state index is 9.30. The molecule has 5 heteroatoms. The summed E-state index contributed by atoms with van der Waals surface area (Å²) in [6, 6.07) is 12.5. The molecule has 1 aromatic heterocycles. The number of benzene rings is 2. The zero-order valence-electron chi connectivity index (χ0n) is 9.29. The Kier molecular flexibility index (Phi) is 2.34. The van der Waals surface area contributed by atoms with Gasteiger partial charge >= 0.3 is 7.12 Å². The molecule has 0 amide bonds. The van der Waals surface area contributed by atoms with Crippen LogP contribution in [0.5, 0.6) is 0 Å². The van der Waals surface area contributed by atoms with Crippen LogP contribution >= 0.6 is 0 Å². The molecule has 0 spiro atoms. The van der Waals surface area contributed by atoms with Crippen molar-refractivity contribution in [2.75, 3.05) is 0 Å². The van der Waals surface area contributed by atoms with Crippen LogP contribution in [0.4, 0.5) is 0 Å². The van der Waals surface area contributed by atoms with E-state index in [4.69, 9.17) is 9.68 Å². The molecule has 0 saturated heterocycles. The summed E-state index contributed by atoms with van der Waals surface area (Å²) in [6.07, 6.45) is 0. The number of rotatable bonds is 1. The minimum atomic E-state index is -1.60. The molecule has 1 heterocycles. The van der Waals surface area contributed by atoms with Gasteiger partial charge in [0.2, 0.25) is 0 Å². The zero-order chi connectivity index (χ0) is 12.7. The summed E-state index contributed by atoms with van der Waals surface area (Å²) in [6.45, 7) is 0. The van der Waals surface area contributed by atoms with Crippen LogP contribution in [0.1, 0.15) is 5.56 Å². The second-order valence-corrected chi connectivity index (χ2v) is 3.99. The van der Waals surface area contributed by atoms with Gasteiger partial charge in [0.15, 0.2) is 5.58 Å². The molecule has 0 aliphatic heterocycles. The number of nitriles is 1. The van der Waals surface area contributed by atoms with Crippen LogP contribution in [0, 0.1) is 11.3 Å². The van der Waals surface area contributed by atoms with Crippen molar-refractivity contribution in [1.29, 1.82) is 5.26 Å². The van der Waals surface area contributed by atoms with Gasteiger partial charge in [-0.15, -0.1) is 0 Å². The first-order chi connectivity index (χ1) is 8.72. The van der Waals surface area contributed by atoms with Crippen molar-refractivity contribution in [1.82, 2.24) is 0 Å². The monoisotopic (exact) mass is 237 g/mol. The summed E-state index contributed by atoms with van der Waals surface area (Å²) in [5.41, 5.74) is 1.61. The Bertz CT molecular complexity index is 786. The largest absolute Gasteiger partial charge is 0.492 e. The fraction of sp³-hybridized carbons (Fsp3) is 0. The Labute approximate surface area is 103 Å². The molecule has 3 rings (SSSR count). The number of para-hydroxylation sites is 2. The van der Waals surface area contributed by atoms with E-state index in [1.807, 2.05) is 12.1 Å². The molecule has 4 nitrogen and oxygen atoms in total. The number of hydrogen-bond donors (Lipinski definition) is 2. The van der Waals surface area contributed by atoms with Gasteiger partial charge in [0, 0.05) is 16.2 Å². The topological polar surface area (TPSA) is 77.4 Å². The van der Waals surface area contributed by atoms with Gasteiger partial charge in [-0.3, -0.25) is 0 Å². The maximum Gasteiger partial charge on any atom is 0.492 e. The molecule has 0 atom stereocenters. The van der Waals surface area contributed by atoms with Crippen LogP contribution in [0.25, 0.3) is 21.9 Å². The summed E-state index contributed by atoms with van der Waals surface area (Å²) >= 11 is 0. The molecule has 0 saturated carbocycles. The second kappa shape index (κ2) is 3.88. The molecule has 0 radical (unpaired) electrons. The van der Waals surface area contributed by atoms with E-state index >= 15 is 0 Å². The minimum absolute atomic E-state index is 0.299. The Morgan fingerprint density at radius 1 is 1.00 bits per heavy atom. The van der Waals surface area contributed by atoms with Gasteiger partial charge < -0.3 is 14.5 Å². The third kappa shape index (κ3) is 1.41. The van der Waals surface area contributed by atoms with Crippen molar-refractivity contribution in [3.63, 3.8) is 0 Å². The third-order valence-electron chi connectivity index (χ3n) is 2.95. The highest BCUT2D eigenvalue weighted by atomic mass is 16.4. The van der Waals surface area contributed by atoms with Crippen molar-refractivity contribution in [3.8, 4) is 6.07 Å². The zero-order valence-corrected chi connectivity index (χ0v) is 9.29. The SMILES string of the molecule is N#Cc1cccc2c1oc1c(B(O)O)cccc12. The van der Waals surface area contributed by atoms with E-state index < -0.39 is 7.12 Å². The number of hydrogen-bond acceptors (Lipinski definition) is 4. The van der Waals surface area contributed by atoms with Crippen LogP contribution < -0.4 is 5.46 Å². The lowest BCUT2D eigenvalue weighted by atomic mass is 9.79. The standard InChI is InChI=1S/C13H8BNO3/c15-7-8-3-1-4-9-10-5-2-6-11(14(16)17)13(10)18-12(8)9/h1-6,16-17H. The molecule has 3 aromatic rings. The predicted octanol–water partition coefficient (Wildman–Crippen LogP) is 1.14. The van der Waals surface area contributed by atoms with Gasteiger partial charge in [-0.1, -0.05) is 30.3 Å². The normalized spacial score (nSPS) is 10.7. The van der Waals surface area contributed by atoms with Gasteiger partial charge in [0.05, 0.1) is 5.56 Å². The molecule has 0 aliphatic rings.